The molecule has 0 saturated heterocycles. The van der Waals surface area contributed by atoms with Crippen LogP contribution in [0.3, 0.4) is 0 Å². The number of aryl methyl sites for hydroxylation is 3. The van der Waals surface area contributed by atoms with Crippen LogP contribution in [-0.2, 0) is 13.5 Å². The van der Waals surface area contributed by atoms with Crippen molar-refractivity contribution in [2.24, 2.45) is 7.05 Å². The minimum atomic E-state index is 0.161. The van der Waals surface area contributed by atoms with E-state index in [-0.39, 0.29) is 6.04 Å². The SMILES string of the molecule is CNC(Cc1c(Br)c(C)nn1C)c1ccc(C)cc1Cl. The standard InChI is InChI=1S/C15H19BrClN3/c1-9-5-6-11(12(17)7-9)13(18-3)8-14-15(16)10(2)19-20(14)4/h5-7,13,18H,8H2,1-4H3. The van der Waals surface area contributed by atoms with E-state index in [9.17, 15) is 0 Å². The number of hydrogen-bond donors (Lipinski definition) is 1. The molecule has 3 nitrogen and oxygen atoms in total. The number of hydrogen-bond acceptors (Lipinski definition) is 2. The maximum Gasteiger partial charge on any atom is 0.0738 e. The topological polar surface area (TPSA) is 29.9 Å². The molecule has 0 aliphatic rings. The lowest BCUT2D eigenvalue weighted by atomic mass is 10.0. The van der Waals surface area contributed by atoms with Crippen molar-refractivity contribution < 1.29 is 0 Å². The predicted molar refractivity (Wildman–Crippen MR) is 87.3 cm³/mol. The van der Waals surface area contributed by atoms with Crippen LogP contribution in [0, 0.1) is 13.8 Å². The zero-order valence-electron chi connectivity index (χ0n) is 12.2. The van der Waals surface area contributed by atoms with E-state index in [4.69, 9.17) is 11.6 Å². The molecule has 20 heavy (non-hydrogen) atoms. The van der Waals surface area contributed by atoms with Gasteiger partial charge in [-0.3, -0.25) is 4.68 Å². The summed E-state index contributed by atoms with van der Waals surface area (Å²) >= 11 is 10.00. The van der Waals surface area contributed by atoms with Crippen LogP contribution < -0.4 is 5.32 Å². The van der Waals surface area contributed by atoms with E-state index in [2.05, 4.69) is 38.5 Å². The Kier molecular flexibility index (Phi) is 4.89. The zero-order chi connectivity index (χ0) is 14.9. The predicted octanol–water partition coefficient (Wildman–Crippen LogP) is 3.96. The van der Waals surface area contributed by atoms with Gasteiger partial charge in [0.25, 0.3) is 0 Å². The van der Waals surface area contributed by atoms with Gasteiger partial charge in [0.15, 0.2) is 0 Å². The summed E-state index contributed by atoms with van der Waals surface area (Å²) in [7, 11) is 3.93. The van der Waals surface area contributed by atoms with Gasteiger partial charge in [-0.05, 0) is 54.0 Å². The molecular weight excluding hydrogens is 338 g/mol. The van der Waals surface area contributed by atoms with Gasteiger partial charge in [0.2, 0.25) is 0 Å². The minimum Gasteiger partial charge on any atom is -0.313 e. The van der Waals surface area contributed by atoms with Gasteiger partial charge in [-0.15, -0.1) is 0 Å². The molecule has 0 spiro atoms. The van der Waals surface area contributed by atoms with Gasteiger partial charge < -0.3 is 5.32 Å². The van der Waals surface area contributed by atoms with Crippen LogP contribution in [0.4, 0.5) is 0 Å². The lowest BCUT2D eigenvalue weighted by Gasteiger charge is -2.19. The smallest absolute Gasteiger partial charge is 0.0738 e. The molecule has 5 heteroatoms. The van der Waals surface area contributed by atoms with Crippen LogP contribution in [0.5, 0.6) is 0 Å². The Morgan fingerprint density at radius 3 is 2.60 bits per heavy atom. The molecule has 0 bridgehead atoms. The largest absolute Gasteiger partial charge is 0.313 e. The summed E-state index contributed by atoms with van der Waals surface area (Å²) in [4.78, 5) is 0. The highest BCUT2D eigenvalue weighted by Gasteiger charge is 2.19. The fourth-order valence-electron chi connectivity index (χ4n) is 2.38. The summed E-state index contributed by atoms with van der Waals surface area (Å²) < 4.78 is 3.00. The van der Waals surface area contributed by atoms with Crippen molar-refractivity contribution in [1.82, 2.24) is 15.1 Å². The van der Waals surface area contributed by atoms with Crippen molar-refractivity contribution in [2.75, 3.05) is 7.05 Å². The number of likely N-dealkylation sites (N-methyl/N-ethyl adjacent to an activating group) is 1. The first-order chi connectivity index (χ1) is 9.43. The van der Waals surface area contributed by atoms with Crippen LogP contribution in [0.2, 0.25) is 5.02 Å². The number of halogens is 2. The number of rotatable bonds is 4. The maximum absolute atomic E-state index is 6.38. The van der Waals surface area contributed by atoms with Crippen molar-refractivity contribution in [2.45, 2.75) is 26.3 Å². The molecular formula is C15H19BrClN3. The molecule has 0 radical (unpaired) electrons. The molecule has 1 unspecified atom stereocenters. The highest BCUT2D eigenvalue weighted by Crippen LogP contribution is 2.29. The van der Waals surface area contributed by atoms with Gasteiger partial charge in [-0.2, -0.15) is 5.10 Å². The minimum absolute atomic E-state index is 0.161. The Morgan fingerprint density at radius 2 is 2.10 bits per heavy atom. The molecule has 108 valence electrons. The first kappa shape index (κ1) is 15.5. The average Bonchev–Trinajstić information content (AvgIpc) is 2.62. The molecule has 0 aliphatic heterocycles. The Labute approximate surface area is 133 Å². The summed E-state index contributed by atoms with van der Waals surface area (Å²) in [5, 5.41) is 8.59. The Balaban J connectivity index is 2.33. The fraction of sp³-hybridized carbons (Fsp3) is 0.400. The van der Waals surface area contributed by atoms with Gasteiger partial charge in [0.1, 0.15) is 0 Å². The summed E-state index contributed by atoms with van der Waals surface area (Å²) in [6, 6.07) is 6.35. The third-order valence-corrected chi connectivity index (χ3v) is 4.90. The Bertz CT molecular complexity index is 622. The van der Waals surface area contributed by atoms with Gasteiger partial charge >= 0.3 is 0 Å². The maximum atomic E-state index is 6.38. The monoisotopic (exact) mass is 355 g/mol. The van der Waals surface area contributed by atoms with Crippen molar-refractivity contribution in [3.63, 3.8) is 0 Å². The highest BCUT2D eigenvalue weighted by atomic mass is 79.9. The van der Waals surface area contributed by atoms with Gasteiger partial charge in [0, 0.05) is 24.5 Å². The number of aromatic nitrogens is 2. The van der Waals surface area contributed by atoms with E-state index in [0.29, 0.717) is 0 Å². The molecule has 0 saturated carbocycles. The van der Waals surface area contributed by atoms with Crippen LogP contribution >= 0.6 is 27.5 Å². The Morgan fingerprint density at radius 1 is 1.40 bits per heavy atom. The molecule has 1 atom stereocenters. The van der Waals surface area contributed by atoms with Crippen molar-refractivity contribution >= 4 is 27.5 Å². The summed E-state index contributed by atoms with van der Waals surface area (Å²) in [6.45, 7) is 4.05. The molecule has 1 aromatic carbocycles. The first-order valence-electron chi connectivity index (χ1n) is 6.55. The third kappa shape index (κ3) is 3.08. The number of nitrogens with zero attached hydrogens (tertiary/aromatic N) is 2. The second-order valence-electron chi connectivity index (χ2n) is 5.04. The van der Waals surface area contributed by atoms with Crippen molar-refractivity contribution in [1.29, 1.82) is 0 Å². The molecule has 1 aromatic heterocycles. The lowest BCUT2D eigenvalue weighted by Crippen LogP contribution is -2.20. The van der Waals surface area contributed by atoms with E-state index in [1.165, 1.54) is 11.3 Å². The van der Waals surface area contributed by atoms with E-state index < -0.39 is 0 Å². The van der Waals surface area contributed by atoms with Crippen LogP contribution in [0.1, 0.15) is 28.6 Å². The van der Waals surface area contributed by atoms with E-state index in [1.807, 2.05) is 38.7 Å². The molecule has 2 rings (SSSR count). The summed E-state index contributed by atoms with van der Waals surface area (Å²) in [6.07, 6.45) is 0.831. The molecule has 1 N–H and O–H groups in total. The molecule has 0 aliphatic carbocycles. The van der Waals surface area contributed by atoms with Gasteiger partial charge in [-0.25, -0.2) is 0 Å². The quantitative estimate of drug-likeness (QED) is 0.899. The number of nitrogens with one attached hydrogen (secondary N) is 1. The summed E-state index contributed by atoms with van der Waals surface area (Å²) in [5.74, 6) is 0. The van der Waals surface area contributed by atoms with Crippen molar-refractivity contribution in [3.05, 3.63) is 50.2 Å². The zero-order valence-corrected chi connectivity index (χ0v) is 14.5. The third-order valence-electron chi connectivity index (χ3n) is 3.54. The van der Waals surface area contributed by atoms with E-state index in [0.717, 1.165) is 27.2 Å². The van der Waals surface area contributed by atoms with Gasteiger partial charge in [0.05, 0.1) is 15.9 Å². The fourth-order valence-corrected chi connectivity index (χ4v) is 3.24. The highest BCUT2D eigenvalue weighted by molar-refractivity contribution is 9.10. The van der Waals surface area contributed by atoms with E-state index in [1.54, 1.807) is 0 Å². The van der Waals surface area contributed by atoms with Crippen LogP contribution in [0.15, 0.2) is 22.7 Å². The second kappa shape index (κ2) is 6.29. The summed E-state index contributed by atoms with van der Waals surface area (Å²) in [5.41, 5.74) is 4.46. The van der Waals surface area contributed by atoms with Gasteiger partial charge in [-0.1, -0.05) is 23.7 Å². The van der Waals surface area contributed by atoms with Crippen LogP contribution in [0.25, 0.3) is 0 Å². The first-order valence-corrected chi connectivity index (χ1v) is 7.72. The van der Waals surface area contributed by atoms with Crippen LogP contribution in [-0.4, -0.2) is 16.8 Å². The normalized spacial score (nSPS) is 12.7. The number of benzene rings is 1. The van der Waals surface area contributed by atoms with Crippen molar-refractivity contribution in [3.8, 4) is 0 Å². The van der Waals surface area contributed by atoms with E-state index >= 15 is 0 Å². The lowest BCUT2D eigenvalue weighted by molar-refractivity contribution is 0.560. The Hall–Kier alpha value is -0.840. The molecule has 0 fully saturated rings. The molecule has 0 amide bonds. The average molecular weight is 357 g/mol. The molecule has 2 aromatic rings. The second-order valence-corrected chi connectivity index (χ2v) is 6.24. The molecule has 1 heterocycles.